The third-order valence-electron chi connectivity index (χ3n) is 9.08. The Hall–Kier alpha value is -2.80. The predicted molar refractivity (Wildman–Crippen MR) is 166 cm³/mol. The molecule has 0 radical (unpaired) electrons. The van der Waals surface area contributed by atoms with Crippen LogP contribution in [0.1, 0.15) is 70.9 Å². The Morgan fingerprint density at radius 1 is 1.09 bits per heavy atom. The molecule has 3 aliphatic heterocycles. The summed E-state index contributed by atoms with van der Waals surface area (Å²) in [5.74, 6) is -4.06. The van der Waals surface area contributed by atoms with Gasteiger partial charge in [-0.3, -0.25) is 0 Å². The van der Waals surface area contributed by atoms with Crippen molar-refractivity contribution < 1.29 is 35.0 Å². The van der Waals surface area contributed by atoms with Crippen molar-refractivity contribution in [2.24, 2.45) is 0 Å². The predicted octanol–water partition coefficient (Wildman–Crippen LogP) is 6.76. The summed E-state index contributed by atoms with van der Waals surface area (Å²) in [7, 11) is 0. The van der Waals surface area contributed by atoms with E-state index >= 15 is 0 Å². The molecule has 7 nitrogen and oxygen atoms in total. The molecule has 0 spiro atoms. The van der Waals surface area contributed by atoms with Gasteiger partial charge in [-0.25, -0.2) is 0 Å². The van der Waals surface area contributed by atoms with E-state index in [4.69, 9.17) is 4.74 Å². The molecular formula is C32H38F3IN3O4+. The fourth-order valence-corrected chi connectivity index (χ4v) is 18.6. The number of carbonyl (C=O) groups is 3. The molecule has 2 aromatic rings. The summed E-state index contributed by atoms with van der Waals surface area (Å²) < 4.78 is 55.0. The van der Waals surface area contributed by atoms with Gasteiger partial charge in [0.15, 0.2) is 0 Å². The van der Waals surface area contributed by atoms with Gasteiger partial charge in [-0.2, -0.15) is 0 Å². The van der Waals surface area contributed by atoms with Crippen molar-refractivity contribution in [2.75, 3.05) is 16.0 Å². The molecule has 3 heterocycles. The van der Waals surface area contributed by atoms with Crippen LogP contribution in [0.2, 0.25) is 0 Å². The number of hydrogen-bond donors (Lipinski definition) is 0. The number of nitrogens with zero attached hydrogens (tertiary/aromatic N) is 3. The Kier molecular flexibility index (Phi) is 7.31. The van der Waals surface area contributed by atoms with Crippen molar-refractivity contribution >= 4 is 46.3 Å². The molecule has 1 saturated carbocycles. The van der Waals surface area contributed by atoms with E-state index < -0.39 is 59.7 Å². The number of likely N-dealkylation sites (tertiary alicyclic amines) is 1. The molecule has 1 aliphatic carbocycles. The summed E-state index contributed by atoms with van der Waals surface area (Å²) in [6.07, 6.45) is 0.147. The van der Waals surface area contributed by atoms with Crippen LogP contribution in [0.5, 0.6) is 0 Å². The van der Waals surface area contributed by atoms with Gasteiger partial charge < -0.3 is 0 Å². The molecular weight excluding hydrogens is 674 g/mol. The SMILES string of the molecule is C=I12C[N+]1(C1CCC(F)(F)CC1)C(=O)[C@@H](N(C(=O)[C@@H]1CCCN1C(=O)OC(C)(C)C)c1cccc(F)c1)c1ccccc12. The molecule has 2 aromatic carbocycles. The second-order valence-corrected chi connectivity index (χ2v) is 21.1. The minimum absolute atomic E-state index is 0.0593. The summed E-state index contributed by atoms with van der Waals surface area (Å²) in [4.78, 5) is 45.5. The van der Waals surface area contributed by atoms with Crippen molar-refractivity contribution in [1.82, 2.24) is 4.90 Å². The first-order chi connectivity index (χ1) is 20.2. The van der Waals surface area contributed by atoms with E-state index in [9.17, 15) is 27.6 Å². The van der Waals surface area contributed by atoms with Crippen LogP contribution < -0.4 is 4.90 Å². The number of alkyl halides is 3. The Labute approximate surface area is 253 Å². The number of carbonyl (C=O) groups excluding carboxylic acids is 3. The molecule has 2 unspecified atom stereocenters. The van der Waals surface area contributed by atoms with E-state index in [1.54, 1.807) is 26.8 Å². The van der Waals surface area contributed by atoms with Crippen LogP contribution in [-0.4, -0.2) is 64.7 Å². The zero-order valence-electron chi connectivity index (χ0n) is 24.7. The molecule has 11 heteroatoms. The van der Waals surface area contributed by atoms with E-state index in [2.05, 4.69) is 4.51 Å². The van der Waals surface area contributed by atoms with Crippen LogP contribution >= 0.6 is 18.2 Å². The fraction of sp³-hybridized carbons (Fsp3) is 0.500. The number of benzene rings is 2. The van der Waals surface area contributed by atoms with Gasteiger partial charge in [-0.05, 0) is 0 Å². The number of rotatable bonds is 4. The number of ether oxygens (including phenoxy) is 1. The number of amides is 3. The Morgan fingerprint density at radius 2 is 1.79 bits per heavy atom. The van der Waals surface area contributed by atoms with Crippen LogP contribution in [0.25, 0.3) is 0 Å². The first-order valence-corrected chi connectivity index (χ1v) is 19.8. The van der Waals surface area contributed by atoms with Gasteiger partial charge in [-0.15, -0.1) is 0 Å². The Bertz CT molecular complexity index is 1530. The quantitative estimate of drug-likeness (QED) is 0.116. The zero-order chi connectivity index (χ0) is 30.9. The van der Waals surface area contributed by atoms with Gasteiger partial charge in [0.1, 0.15) is 0 Å². The van der Waals surface area contributed by atoms with E-state index in [1.807, 2.05) is 24.3 Å². The van der Waals surface area contributed by atoms with Crippen LogP contribution in [0.15, 0.2) is 48.5 Å². The van der Waals surface area contributed by atoms with Crippen molar-refractivity contribution in [3.05, 3.63) is 63.5 Å². The minimum atomic E-state index is -3.27. The van der Waals surface area contributed by atoms with Crippen molar-refractivity contribution in [2.45, 2.75) is 88.9 Å². The summed E-state index contributed by atoms with van der Waals surface area (Å²) in [6, 6.07) is 10.7. The van der Waals surface area contributed by atoms with Crippen LogP contribution in [0.4, 0.5) is 23.7 Å². The summed E-state index contributed by atoms with van der Waals surface area (Å²) in [5.41, 5.74) is 0.0856. The molecule has 4 atom stereocenters. The summed E-state index contributed by atoms with van der Waals surface area (Å²) in [5, 5.41) is 0. The Morgan fingerprint density at radius 3 is 2.47 bits per heavy atom. The monoisotopic (exact) mass is 712 g/mol. The van der Waals surface area contributed by atoms with Gasteiger partial charge in [0.2, 0.25) is 0 Å². The molecule has 2 saturated heterocycles. The zero-order valence-corrected chi connectivity index (χ0v) is 26.9. The number of anilines is 1. The van der Waals surface area contributed by atoms with Crippen LogP contribution in [0.3, 0.4) is 0 Å². The normalized spacial score (nSPS) is 31.4. The average molecular weight is 713 g/mol. The first kappa shape index (κ1) is 30.2. The fourth-order valence-electron chi connectivity index (χ4n) is 7.04. The molecule has 0 aromatic heterocycles. The molecule has 3 amide bonds. The molecule has 43 heavy (non-hydrogen) atoms. The molecule has 0 bridgehead atoms. The summed E-state index contributed by atoms with van der Waals surface area (Å²) in [6.45, 7) is 5.56. The topological polar surface area (TPSA) is 66.9 Å². The molecule has 0 N–H and O–H groups in total. The number of hydrogen-bond acceptors (Lipinski definition) is 4. The van der Waals surface area contributed by atoms with Gasteiger partial charge in [-0.1, -0.05) is 0 Å². The molecule has 4 aliphatic rings. The van der Waals surface area contributed by atoms with Gasteiger partial charge in [0, 0.05) is 0 Å². The van der Waals surface area contributed by atoms with Gasteiger partial charge in [0.25, 0.3) is 0 Å². The molecule has 3 fully saturated rings. The second kappa shape index (κ2) is 10.4. The number of fused-ring (bicyclic) bond motifs is 3. The van der Waals surface area contributed by atoms with Crippen LogP contribution in [0, 0.1) is 9.39 Å². The number of halogens is 4. The maximum atomic E-state index is 14.9. The molecule has 6 rings (SSSR count). The standard InChI is InChI=1S/C32H38F3IN3O4/c1-31(2,3)43-30(42)37-18-8-13-26(37)28(40)38(22-10-7-9-21(33)19-22)27-24-11-5-6-12-25(24)36(4)20-39(36,29(27)41)23-14-16-32(34,35)17-15-23/h5-7,9-12,19,23,26-27H,4,8,13-18,20H2,1-3H3/q+1/t26-,27-,39?/m0/s1. The van der Waals surface area contributed by atoms with Crippen molar-refractivity contribution in [1.29, 1.82) is 0 Å². The van der Waals surface area contributed by atoms with Gasteiger partial charge in [0.05, 0.1) is 0 Å². The summed E-state index contributed by atoms with van der Waals surface area (Å²) >= 11 is -3.27. The van der Waals surface area contributed by atoms with Crippen molar-refractivity contribution in [3.8, 4) is 0 Å². The number of quaternary nitrogens is 1. The average Bonchev–Trinajstić information content (AvgIpc) is 3.32. The van der Waals surface area contributed by atoms with E-state index in [-0.39, 0.29) is 46.0 Å². The first-order valence-electron chi connectivity index (χ1n) is 14.7. The van der Waals surface area contributed by atoms with E-state index in [0.29, 0.717) is 29.5 Å². The molecule has 232 valence electrons. The maximum absolute atomic E-state index is 14.9. The van der Waals surface area contributed by atoms with Gasteiger partial charge >= 0.3 is 255 Å². The third kappa shape index (κ3) is 5.00. The van der Waals surface area contributed by atoms with E-state index in [0.717, 1.165) is 3.57 Å². The third-order valence-corrected chi connectivity index (χ3v) is 18.5. The van der Waals surface area contributed by atoms with Crippen LogP contribution in [-0.2, 0) is 14.3 Å². The second-order valence-electron chi connectivity index (χ2n) is 13.0. The Balaban J connectivity index is 1.46. The van der Waals surface area contributed by atoms with E-state index in [1.165, 1.54) is 28.0 Å². The van der Waals surface area contributed by atoms with Crippen molar-refractivity contribution in [3.63, 3.8) is 0 Å².